The number of aliphatic carboxylic acids is 1. The molecule has 0 bridgehead atoms. The summed E-state index contributed by atoms with van der Waals surface area (Å²) >= 11 is 0. The van der Waals surface area contributed by atoms with Gasteiger partial charge in [-0.3, -0.25) is 4.79 Å². The average Bonchev–Trinajstić information content (AvgIpc) is 2.76. The van der Waals surface area contributed by atoms with Gasteiger partial charge < -0.3 is 14.3 Å². The van der Waals surface area contributed by atoms with Crippen LogP contribution in [0.25, 0.3) is 11.3 Å². The van der Waals surface area contributed by atoms with Gasteiger partial charge in [-0.2, -0.15) is 0 Å². The highest BCUT2D eigenvalue weighted by Gasteiger charge is 2.08. The lowest BCUT2D eigenvalue weighted by atomic mass is 10.2. The Bertz CT molecular complexity index is 552. The SMILES string of the molecule is CC(C)Oc1ccc(-c2ccc(CC(=O)O)o2)cc1. The summed E-state index contributed by atoms with van der Waals surface area (Å²) in [5.41, 5.74) is 0.896. The zero-order valence-corrected chi connectivity index (χ0v) is 10.9. The smallest absolute Gasteiger partial charge is 0.311 e. The lowest BCUT2D eigenvalue weighted by molar-refractivity contribution is -0.136. The minimum absolute atomic E-state index is 0.103. The molecule has 1 aromatic heterocycles. The van der Waals surface area contributed by atoms with Crippen LogP contribution in [0.1, 0.15) is 19.6 Å². The fraction of sp³-hybridized carbons (Fsp3) is 0.267. The van der Waals surface area contributed by atoms with E-state index < -0.39 is 5.97 Å². The Hall–Kier alpha value is -2.23. The lowest BCUT2D eigenvalue weighted by Crippen LogP contribution is -2.05. The van der Waals surface area contributed by atoms with Crippen molar-refractivity contribution in [3.8, 4) is 17.1 Å². The molecule has 0 aliphatic rings. The molecule has 0 aliphatic heterocycles. The highest BCUT2D eigenvalue weighted by Crippen LogP contribution is 2.25. The molecule has 19 heavy (non-hydrogen) atoms. The van der Waals surface area contributed by atoms with Gasteiger partial charge in [-0.25, -0.2) is 0 Å². The molecule has 0 saturated carbocycles. The molecular formula is C15H16O4. The molecule has 0 saturated heterocycles. The molecule has 0 amide bonds. The maximum Gasteiger partial charge on any atom is 0.311 e. The number of carboxylic acid groups (broad SMARTS) is 1. The summed E-state index contributed by atoms with van der Waals surface area (Å²) in [7, 11) is 0. The Morgan fingerprint density at radius 3 is 2.47 bits per heavy atom. The van der Waals surface area contributed by atoms with Gasteiger partial charge in [0.25, 0.3) is 0 Å². The van der Waals surface area contributed by atoms with E-state index in [9.17, 15) is 4.79 Å². The molecule has 1 N–H and O–H groups in total. The Kier molecular flexibility index (Phi) is 3.90. The predicted octanol–water partition coefficient (Wildman–Crippen LogP) is 3.36. The Morgan fingerprint density at radius 1 is 1.21 bits per heavy atom. The van der Waals surface area contributed by atoms with E-state index in [1.54, 1.807) is 12.1 Å². The number of benzene rings is 1. The molecule has 100 valence electrons. The van der Waals surface area contributed by atoms with Gasteiger partial charge in [0.05, 0.1) is 6.10 Å². The molecule has 0 aliphatic carbocycles. The fourth-order valence-electron chi connectivity index (χ4n) is 1.75. The number of furan rings is 1. The molecule has 1 heterocycles. The number of carbonyl (C=O) groups is 1. The van der Waals surface area contributed by atoms with Crippen molar-refractivity contribution in [1.29, 1.82) is 0 Å². The van der Waals surface area contributed by atoms with Gasteiger partial charge in [0.1, 0.15) is 23.7 Å². The third kappa shape index (κ3) is 3.61. The fourth-order valence-corrected chi connectivity index (χ4v) is 1.75. The van der Waals surface area contributed by atoms with Crippen LogP contribution in [0.5, 0.6) is 5.75 Å². The molecule has 4 nitrogen and oxygen atoms in total. The molecule has 0 radical (unpaired) electrons. The summed E-state index contributed by atoms with van der Waals surface area (Å²) in [5, 5.41) is 8.69. The summed E-state index contributed by atoms with van der Waals surface area (Å²) in [4.78, 5) is 10.6. The second kappa shape index (κ2) is 5.61. The zero-order chi connectivity index (χ0) is 13.8. The van der Waals surface area contributed by atoms with Crippen molar-refractivity contribution in [2.24, 2.45) is 0 Å². The van der Waals surface area contributed by atoms with Gasteiger partial charge in [-0.1, -0.05) is 0 Å². The zero-order valence-electron chi connectivity index (χ0n) is 10.9. The second-order valence-corrected chi connectivity index (χ2v) is 4.53. The Morgan fingerprint density at radius 2 is 1.89 bits per heavy atom. The summed E-state index contributed by atoms with van der Waals surface area (Å²) < 4.78 is 11.0. The van der Waals surface area contributed by atoms with E-state index in [2.05, 4.69) is 0 Å². The number of carboxylic acids is 1. The number of ether oxygens (including phenoxy) is 1. The standard InChI is InChI=1S/C15H16O4/c1-10(2)18-12-5-3-11(4-6-12)14-8-7-13(19-14)9-15(16)17/h3-8,10H,9H2,1-2H3,(H,16,17). The normalized spacial score (nSPS) is 10.7. The van der Waals surface area contributed by atoms with Crippen LogP contribution in [-0.2, 0) is 11.2 Å². The third-order valence-electron chi connectivity index (χ3n) is 2.50. The number of rotatable bonds is 5. The first-order valence-electron chi connectivity index (χ1n) is 6.12. The molecule has 0 spiro atoms. The molecule has 0 atom stereocenters. The predicted molar refractivity (Wildman–Crippen MR) is 71.2 cm³/mol. The second-order valence-electron chi connectivity index (χ2n) is 4.53. The van der Waals surface area contributed by atoms with Crippen molar-refractivity contribution >= 4 is 5.97 Å². The molecule has 2 rings (SSSR count). The van der Waals surface area contributed by atoms with Gasteiger partial charge in [0.15, 0.2) is 0 Å². The van der Waals surface area contributed by atoms with Crippen molar-refractivity contribution in [3.05, 3.63) is 42.2 Å². The van der Waals surface area contributed by atoms with Crippen LogP contribution in [-0.4, -0.2) is 17.2 Å². The van der Waals surface area contributed by atoms with Crippen LogP contribution in [0, 0.1) is 0 Å². The molecule has 0 unspecified atom stereocenters. The summed E-state index contributed by atoms with van der Waals surface area (Å²) in [5.74, 6) is 1.01. The largest absolute Gasteiger partial charge is 0.491 e. The van der Waals surface area contributed by atoms with Gasteiger partial charge in [-0.15, -0.1) is 0 Å². The van der Waals surface area contributed by atoms with E-state index in [0.717, 1.165) is 11.3 Å². The van der Waals surface area contributed by atoms with Crippen LogP contribution in [0.4, 0.5) is 0 Å². The number of hydrogen-bond acceptors (Lipinski definition) is 3. The molecular weight excluding hydrogens is 244 g/mol. The first-order valence-corrected chi connectivity index (χ1v) is 6.12. The monoisotopic (exact) mass is 260 g/mol. The van der Waals surface area contributed by atoms with Crippen LogP contribution in [0.3, 0.4) is 0 Å². The first-order chi connectivity index (χ1) is 9.04. The summed E-state index contributed by atoms with van der Waals surface area (Å²) in [6.07, 6.45) is 0.0331. The lowest BCUT2D eigenvalue weighted by Gasteiger charge is -2.09. The Labute approximate surface area is 111 Å². The maximum atomic E-state index is 10.6. The van der Waals surface area contributed by atoms with Crippen molar-refractivity contribution < 1.29 is 19.1 Å². The third-order valence-corrected chi connectivity index (χ3v) is 2.50. The maximum absolute atomic E-state index is 10.6. The van der Waals surface area contributed by atoms with E-state index >= 15 is 0 Å². The highest BCUT2D eigenvalue weighted by atomic mass is 16.5. The van der Waals surface area contributed by atoms with E-state index in [4.69, 9.17) is 14.3 Å². The minimum atomic E-state index is -0.901. The average molecular weight is 260 g/mol. The van der Waals surface area contributed by atoms with Crippen LogP contribution in [0.2, 0.25) is 0 Å². The summed E-state index contributed by atoms with van der Waals surface area (Å²) in [6, 6.07) is 11.0. The molecule has 4 heteroatoms. The minimum Gasteiger partial charge on any atom is -0.491 e. The van der Waals surface area contributed by atoms with E-state index in [-0.39, 0.29) is 12.5 Å². The topological polar surface area (TPSA) is 59.7 Å². The first kappa shape index (κ1) is 13.2. The van der Waals surface area contributed by atoms with Crippen molar-refractivity contribution in [1.82, 2.24) is 0 Å². The number of hydrogen-bond donors (Lipinski definition) is 1. The van der Waals surface area contributed by atoms with Gasteiger partial charge in [-0.05, 0) is 50.2 Å². The quantitative estimate of drug-likeness (QED) is 0.895. The van der Waals surface area contributed by atoms with Gasteiger partial charge >= 0.3 is 5.97 Å². The van der Waals surface area contributed by atoms with Crippen molar-refractivity contribution in [3.63, 3.8) is 0 Å². The van der Waals surface area contributed by atoms with Crippen LogP contribution in [0.15, 0.2) is 40.8 Å². The summed E-state index contributed by atoms with van der Waals surface area (Å²) in [6.45, 7) is 3.94. The molecule has 1 aromatic carbocycles. The molecule has 2 aromatic rings. The van der Waals surface area contributed by atoms with Crippen molar-refractivity contribution in [2.75, 3.05) is 0 Å². The van der Waals surface area contributed by atoms with E-state index in [1.165, 1.54) is 0 Å². The van der Waals surface area contributed by atoms with Crippen molar-refractivity contribution in [2.45, 2.75) is 26.4 Å². The van der Waals surface area contributed by atoms with Crippen LogP contribution < -0.4 is 4.74 Å². The van der Waals surface area contributed by atoms with Crippen LogP contribution >= 0.6 is 0 Å². The molecule has 0 fully saturated rings. The van der Waals surface area contributed by atoms with E-state index in [0.29, 0.717) is 11.5 Å². The Balaban J connectivity index is 2.13. The van der Waals surface area contributed by atoms with Gasteiger partial charge in [0.2, 0.25) is 0 Å². The highest BCUT2D eigenvalue weighted by molar-refractivity contribution is 5.70. The van der Waals surface area contributed by atoms with E-state index in [1.807, 2.05) is 38.1 Å². The van der Waals surface area contributed by atoms with Gasteiger partial charge in [0, 0.05) is 5.56 Å².